The molecule has 10 heteroatoms. The molecular formula is C26H21F3N2O5. The fourth-order valence-corrected chi connectivity index (χ4v) is 5.30. The molecule has 7 nitrogen and oxygen atoms in total. The van der Waals surface area contributed by atoms with Crippen LogP contribution in [-0.4, -0.2) is 35.1 Å². The van der Waals surface area contributed by atoms with Crippen molar-refractivity contribution in [1.82, 2.24) is 4.90 Å². The number of nitrogens with one attached hydrogen (secondary N) is 1. The SMILES string of the molecule is O=C(CN1C(=O)[C@H]2[C@H](C1=O)[C@H]1C=C[C@H]2C1)O[C@H](C(=O)Nc1cccc(C(F)(F)F)c1)c1ccccc1. The third kappa shape index (κ3) is 4.27. The van der Waals surface area contributed by atoms with Crippen molar-refractivity contribution in [3.05, 3.63) is 77.9 Å². The molecule has 186 valence electrons. The number of imide groups is 1. The van der Waals surface area contributed by atoms with Gasteiger partial charge < -0.3 is 10.1 Å². The molecule has 3 aliphatic rings. The molecule has 2 aromatic carbocycles. The van der Waals surface area contributed by atoms with E-state index >= 15 is 0 Å². The molecule has 1 aliphatic heterocycles. The number of carbonyl (C=O) groups excluding carboxylic acids is 4. The lowest BCUT2D eigenvalue weighted by Gasteiger charge is -2.21. The lowest BCUT2D eigenvalue weighted by atomic mass is 9.85. The summed E-state index contributed by atoms with van der Waals surface area (Å²) in [7, 11) is 0. The summed E-state index contributed by atoms with van der Waals surface area (Å²) in [6.07, 6.45) is -1.51. The van der Waals surface area contributed by atoms with E-state index in [0.29, 0.717) is 0 Å². The van der Waals surface area contributed by atoms with Gasteiger partial charge in [-0.3, -0.25) is 24.1 Å². The third-order valence-corrected chi connectivity index (χ3v) is 6.90. The Balaban J connectivity index is 1.31. The van der Waals surface area contributed by atoms with Crippen molar-refractivity contribution in [3.8, 4) is 0 Å². The van der Waals surface area contributed by atoms with Crippen LogP contribution in [0.2, 0.25) is 0 Å². The van der Waals surface area contributed by atoms with Gasteiger partial charge in [0.2, 0.25) is 17.9 Å². The molecule has 1 saturated heterocycles. The Hall–Kier alpha value is -3.95. The van der Waals surface area contributed by atoms with Crippen LogP contribution in [-0.2, 0) is 30.1 Å². The van der Waals surface area contributed by atoms with Gasteiger partial charge in [0.25, 0.3) is 5.91 Å². The summed E-state index contributed by atoms with van der Waals surface area (Å²) < 4.78 is 44.5. The van der Waals surface area contributed by atoms with E-state index in [9.17, 15) is 32.3 Å². The highest BCUT2D eigenvalue weighted by Crippen LogP contribution is 2.52. The number of amides is 3. The highest BCUT2D eigenvalue weighted by Gasteiger charge is 2.59. The van der Waals surface area contributed by atoms with Crippen LogP contribution in [0, 0.1) is 23.7 Å². The lowest BCUT2D eigenvalue weighted by molar-refractivity contribution is -0.159. The Morgan fingerprint density at radius 2 is 1.61 bits per heavy atom. The predicted octanol–water partition coefficient (Wildman–Crippen LogP) is 3.74. The second kappa shape index (κ2) is 8.92. The van der Waals surface area contributed by atoms with Gasteiger partial charge in [0.1, 0.15) is 6.54 Å². The molecule has 0 spiro atoms. The molecule has 2 fully saturated rings. The minimum atomic E-state index is -4.60. The van der Waals surface area contributed by atoms with Crippen LogP contribution < -0.4 is 5.32 Å². The average molecular weight is 498 g/mol. The normalized spacial score (nSPS) is 25.1. The van der Waals surface area contributed by atoms with Crippen LogP contribution in [0.5, 0.6) is 0 Å². The van der Waals surface area contributed by atoms with E-state index in [2.05, 4.69) is 5.32 Å². The van der Waals surface area contributed by atoms with Crippen molar-refractivity contribution >= 4 is 29.4 Å². The van der Waals surface area contributed by atoms with E-state index in [-0.39, 0.29) is 23.1 Å². The number of allylic oxidation sites excluding steroid dienone is 2. The largest absolute Gasteiger partial charge is 0.446 e. The van der Waals surface area contributed by atoms with Gasteiger partial charge in [0.05, 0.1) is 17.4 Å². The zero-order chi connectivity index (χ0) is 25.6. The van der Waals surface area contributed by atoms with Gasteiger partial charge in [-0.25, -0.2) is 0 Å². The van der Waals surface area contributed by atoms with Gasteiger partial charge in [0, 0.05) is 11.3 Å². The van der Waals surface area contributed by atoms with Crippen LogP contribution in [0.4, 0.5) is 18.9 Å². The molecular weight excluding hydrogens is 477 g/mol. The van der Waals surface area contributed by atoms with E-state index in [0.717, 1.165) is 29.5 Å². The molecule has 2 bridgehead atoms. The smallest absolute Gasteiger partial charge is 0.416 e. The van der Waals surface area contributed by atoms with Crippen LogP contribution in [0.15, 0.2) is 66.7 Å². The van der Waals surface area contributed by atoms with Crippen LogP contribution in [0.25, 0.3) is 0 Å². The zero-order valence-electron chi connectivity index (χ0n) is 18.8. The zero-order valence-corrected chi connectivity index (χ0v) is 18.8. The summed E-state index contributed by atoms with van der Waals surface area (Å²) in [5, 5.41) is 2.35. The molecule has 1 heterocycles. The lowest BCUT2D eigenvalue weighted by Crippen LogP contribution is -2.39. The Bertz CT molecular complexity index is 1230. The van der Waals surface area contributed by atoms with E-state index in [1.165, 1.54) is 18.2 Å². The monoisotopic (exact) mass is 498 g/mol. The molecule has 2 aromatic rings. The Morgan fingerprint density at radius 3 is 2.22 bits per heavy atom. The number of rotatable bonds is 6. The van der Waals surface area contributed by atoms with Gasteiger partial charge in [-0.05, 0) is 36.5 Å². The van der Waals surface area contributed by atoms with Crippen molar-refractivity contribution in [3.63, 3.8) is 0 Å². The summed E-state index contributed by atoms with van der Waals surface area (Å²) in [6.45, 7) is -0.649. The van der Waals surface area contributed by atoms with E-state index in [4.69, 9.17) is 4.74 Å². The number of carbonyl (C=O) groups is 4. The number of hydrogen-bond donors (Lipinski definition) is 1. The molecule has 2 aliphatic carbocycles. The number of fused-ring (bicyclic) bond motifs is 5. The fourth-order valence-electron chi connectivity index (χ4n) is 5.30. The molecule has 1 N–H and O–H groups in total. The first kappa shape index (κ1) is 23.8. The molecule has 0 aromatic heterocycles. The molecule has 36 heavy (non-hydrogen) atoms. The number of esters is 1. The van der Waals surface area contributed by atoms with E-state index in [1.54, 1.807) is 18.2 Å². The van der Waals surface area contributed by atoms with E-state index in [1.807, 2.05) is 12.2 Å². The highest BCUT2D eigenvalue weighted by molar-refractivity contribution is 6.08. The summed E-state index contributed by atoms with van der Waals surface area (Å²) in [5.41, 5.74) is -0.811. The Kier molecular flexibility index (Phi) is 5.89. The second-order valence-electron chi connectivity index (χ2n) is 9.11. The molecule has 5 rings (SSSR count). The van der Waals surface area contributed by atoms with Crippen molar-refractivity contribution in [1.29, 1.82) is 0 Å². The maximum absolute atomic E-state index is 13.0. The van der Waals surface area contributed by atoms with Gasteiger partial charge in [0.15, 0.2) is 0 Å². The molecule has 0 radical (unpaired) electrons. The highest BCUT2D eigenvalue weighted by atomic mass is 19.4. The standard InChI is InChI=1S/C26H21F3N2O5/c27-26(28,29)17-7-4-8-18(12-17)30-23(33)22(14-5-2-1-3-6-14)36-19(32)13-31-24(34)20-15-9-10-16(11-15)21(20)25(31)35/h1-10,12,15-16,20-22H,11,13H2,(H,30,33)/t15-,16-,20+,21+,22-/m0/s1. The summed E-state index contributed by atoms with van der Waals surface area (Å²) >= 11 is 0. The number of anilines is 1. The van der Waals surface area contributed by atoms with Crippen molar-refractivity contribution in [2.24, 2.45) is 23.7 Å². The number of benzene rings is 2. The second-order valence-corrected chi connectivity index (χ2v) is 9.11. The maximum atomic E-state index is 13.0. The van der Waals surface area contributed by atoms with E-state index < -0.39 is 59.9 Å². The minimum Gasteiger partial charge on any atom is -0.446 e. The molecule has 5 atom stereocenters. The maximum Gasteiger partial charge on any atom is 0.416 e. The number of likely N-dealkylation sites (tertiary alicyclic amines) is 1. The van der Waals surface area contributed by atoms with Gasteiger partial charge in [-0.15, -0.1) is 0 Å². The predicted molar refractivity (Wildman–Crippen MR) is 120 cm³/mol. The number of ether oxygens (including phenoxy) is 1. The molecule has 3 amide bonds. The Labute approximate surface area is 203 Å². The first-order chi connectivity index (χ1) is 17.1. The van der Waals surface area contributed by atoms with Gasteiger partial charge in [-0.1, -0.05) is 48.6 Å². The summed E-state index contributed by atoms with van der Waals surface area (Å²) in [6, 6.07) is 12.0. The fraction of sp³-hybridized carbons (Fsp3) is 0.308. The number of nitrogens with zero attached hydrogens (tertiary/aromatic N) is 1. The Morgan fingerprint density at radius 1 is 0.972 bits per heavy atom. The van der Waals surface area contributed by atoms with Gasteiger partial charge >= 0.3 is 12.1 Å². The third-order valence-electron chi connectivity index (χ3n) is 6.90. The molecule has 1 saturated carbocycles. The topological polar surface area (TPSA) is 92.8 Å². The first-order valence-corrected chi connectivity index (χ1v) is 11.4. The summed E-state index contributed by atoms with van der Waals surface area (Å²) in [4.78, 5) is 52.4. The number of halogens is 3. The van der Waals surface area contributed by atoms with Crippen LogP contribution in [0.3, 0.4) is 0 Å². The average Bonchev–Trinajstić information content (AvgIpc) is 3.53. The number of hydrogen-bond acceptors (Lipinski definition) is 5. The summed E-state index contributed by atoms with van der Waals surface area (Å²) in [5.74, 6) is -3.71. The van der Waals surface area contributed by atoms with Crippen molar-refractivity contribution < 1.29 is 37.1 Å². The quantitative estimate of drug-likeness (QED) is 0.372. The van der Waals surface area contributed by atoms with Crippen LogP contribution >= 0.6 is 0 Å². The minimum absolute atomic E-state index is 0.0206. The molecule has 0 unspecified atom stereocenters. The van der Waals surface area contributed by atoms with Gasteiger partial charge in [-0.2, -0.15) is 13.2 Å². The number of alkyl halides is 3. The van der Waals surface area contributed by atoms with Crippen molar-refractivity contribution in [2.45, 2.75) is 18.7 Å². The first-order valence-electron chi connectivity index (χ1n) is 11.4. The van der Waals surface area contributed by atoms with Crippen molar-refractivity contribution in [2.75, 3.05) is 11.9 Å². The van der Waals surface area contributed by atoms with Crippen LogP contribution in [0.1, 0.15) is 23.7 Å².